The van der Waals surface area contributed by atoms with Gasteiger partial charge in [0, 0.05) is 25.7 Å². The van der Waals surface area contributed by atoms with Crippen LogP contribution in [0.15, 0.2) is 0 Å². The summed E-state index contributed by atoms with van der Waals surface area (Å²) in [5.74, 6) is 0.764. The van der Waals surface area contributed by atoms with Crippen molar-refractivity contribution < 1.29 is 80.2 Å². The van der Waals surface area contributed by atoms with Crippen LogP contribution >= 0.6 is 15.6 Å². The van der Waals surface area contributed by atoms with E-state index in [1.165, 1.54) is 96.3 Å². The van der Waals surface area contributed by atoms with E-state index in [0.29, 0.717) is 37.5 Å². The van der Waals surface area contributed by atoms with Crippen molar-refractivity contribution in [1.82, 2.24) is 0 Å². The average Bonchev–Trinajstić information content (AvgIpc) is 3.46. The van der Waals surface area contributed by atoms with E-state index in [0.717, 1.165) is 115 Å². The quantitative estimate of drug-likeness (QED) is 0.0222. The van der Waals surface area contributed by atoms with Crippen LogP contribution in [-0.2, 0) is 65.4 Å². The molecule has 0 saturated heterocycles. The Labute approximate surface area is 505 Å². The molecule has 0 aliphatic heterocycles. The molecule has 0 saturated carbocycles. The number of esters is 4. The first-order valence-corrected chi connectivity index (χ1v) is 36.3. The van der Waals surface area contributed by atoms with Gasteiger partial charge in [-0.15, -0.1) is 0 Å². The second-order valence-corrected chi connectivity index (χ2v) is 27.5. The van der Waals surface area contributed by atoms with Gasteiger partial charge in [0.2, 0.25) is 0 Å². The van der Waals surface area contributed by atoms with E-state index >= 15 is 0 Å². The van der Waals surface area contributed by atoms with Crippen molar-refractivity contribution in [3.05, 3.63) is 0 Å². The van der Waals surface area contributed by atoms with E-state index in [9.17, 15) is 43.2 Å². The van der Waals surface area contributed by atoms with Gasteiger partial charge in [0.25, 0.3) is 0 Å². The van der Waals surface area contributed by atoms with Crippen LogP contribution in [0.1, 0.15) is 306 Å². The number of phosphoric acid groups is 2. The molecule has 0 aliphatic rings. The molecule has 492 valence electrons. The van der Waals surface area contributed by atoms with Crippen molar-refractivity contribution in [3.8, 4) is 0 Å². The number of aliphatic hydroxyl groups excluding tert-OH is 1. The summed E-state index contributed by atoms with van der Waals surface area (Å²) in [5, 5.41) is 10.5. The molecule has 0 rings (SSSR count). The summed E-state index contributed by atoms with van der Waals surface area (Å²) in [5.41, 5.74) is 0. The number of rotatable bonds is 61. The average molecular weight is 1230 g/mol. The lowest BCUT2D eigenvalue weighted by molar-refractivity contribution is -0.161. The number of carbonyl (C=O) groups excluding carboxylic acids is 4. The summed E-state index contributed by atoms with van der Waals surface area (Å²) >= 11 is 0. The van der Waals surface area contributed by atoms with E-state index in [4.69, 9.17) is 37.0 Å². The third kappa shape index (κ3) is 56.3. The van der Waals surface area contributed by atoms with E-state index in [-0.39, 0.29) is 25.7 Å². The number of carbonyl (C=O) groups is 4. The molecule has 5 unspecified atom stereocenters. The minimum atomic E-state index is -4.95. The van der Waals surface area contributed by atoms with Gasteiger partial charge in [-0.25, -0.2) is 9.13 Å². The van der Waals surface area contributed by atoms with Crippen molar-refractivity contribution in [2.24, 2.45) is 23.7 Å². The molecule has 0 heterocycles. The standard InChI is InChI=1S/C64H124O17P2/c1-9-56(7)42-34-26-17-13-11-12-14-18-30-38-46-63(68)80-59(51-75-62(67)45-37-29-23-21-27-35-43-57(8)10-2)52-78-82(70,71)76-48-58(65)49-77-83(72,73)79-53-60(81-64(69)47-39-31-22-20-25-33-41-55(5)6)50-74-61(66)44-36-28-19-15-16-24-32-40-54(3)4/h54-60,65H,9-53H2,1-8H3,(H,70,71)(H,72,73)/t56?,57?,58?,59-,60-/m1/s1. The molecular formula is C64H124O17P2. The van der Waals surface area contributed by atoms with Gasteiger partial charge in [0.1, 0.15) is 19.3 Å². The van der Waals surface area contributed by atoms with Crippen molar-refractivity contribution in [3.63, 3.8) is 0 Å². The highest BCUT2D eigenvalue weighted by Gasteiger charge is 2.30. The Kier molecular flexibility index (Phi) is 53.0. The molecule has 17 nitrogen and oxygen atoms in total. The zero-order valence-corrected chi connectivity index (χ0v) is 55.6. The van der Waals surface area contributed by atoms with Crippen LogP contribution in [0.3, 0.4) is 0 Å². The Hall–Kier alpha value is -1.94. The molecule has 0 fully saturated rings. The zero-order valence-electron chi connectivity index (χ0n) is 53.8. The highest BCUT2D eigenvalue weighted by atomic mass is 31.2. The van der Waals surface area contributed by atoms with Crippen LogP contribution in [0.25, 0.3) is 0 Å². The predicted octanol–water partition coefficient (Wildman–Crippen LogP) is 17.4. The van der Waals surface area contributed by atoms with E-state index in [1.54, 1.807) is 0 Å². The van der Waals surface area contributed by atoms with Crippen molar-refractivity contribution in [1.29, 1.82) is 0 Å². The topological polar surface area (TPSA) is 237 Å². The fourth-order valence-electron chi connectivity index (χ4n) is 9.36. The van der Waals surface area contributed by atoms with Crippen LogP contribution < -0.4 is 0 Å². The number of hydrogen-bond donors (Lipinski definition) is 3. The molecule has 0 spiro atoms. The maximum absolute atomic E-state index is 13.0. The Balaban J connectivity index is 5.25. The van der Waals surface area contributed by atoms with Crippen LogP contribution in [0, 0.1) is 23.7 Å². The third-order valence-corrected chi connectivity index (χ3v) is 17.2. The second kappa shape index (κ2) is 54.2. The molecule has 0 bridgehead atoms. The number of ether oxygens (including phenoxy) is 4. The molecule has 0 aromatic heterocycles. The fourth-order valence-corrected chi connectivity index (χ4v) is 10.9. The Bertz CT molecular complexity index is 1670. The lowest BCUT2D eigenvalue weighted by atomic mass is 9.99. The summed E-state index contributed by atoms with van der Waals surface area (Å²) in [4.78, 5) is 72.2. The predicted molar refractivity (Wildman–Crippen MR) is 331 cm³/mol. The highest BCUT2D eigenvalue weighted by molar-refractivity contribution is 7.47. The summed E-state index contributed by atoms with van der Waals surface area (Å²) < 4.78 is 68.0. The summed E-state index contributed by atoms with van der Waals surface area (Å²) in [6.07, 6.45) is 33.7. The minimum Gasteiger partial charge on any atom is -0.462 e. The molecule has 7 atom stereocenters. The summed E-state index contributed by atoms with van der Waals surface area (Å²) in [6.45, 7) is 13.9. The van der Waals surface area contributed by atoms with Crippen LogP contribution in [-0.4, -0.2) is 96.7 Å². The molecule has 0 aromatic rings. The van der Waals surface area contributed by atoms with Gasteiger partial charge in [-0.2, -0.15) is 0 Å². The maximum atomic E-state index is 13.0. The third-order valence-electron chi connectivity index (χ3n) is 15.3. The van der Waals surface area contributed by atoms with Crippen LogP contribution in [0.5, 0.6) is 0 Å². The van der Waals surface area contributed by atoms with Gasteiger partial charge in [0.15, 0.2) is 12.2 Å². The Morgan fingerprint density at radius 1 is 0.337 bits per heavy atom. The molecule has 19 heteroatoms. The number of aliphatic hydroxyl groups is 1. The molecule has 0 aromatic carbocycles. The largest absolute Gasteiger partial charge is 0.472 e. The smallest absolute Gasteiger partial charge is 0.462 e. The number of hydrogen-bond acceptors (Lipinski definition) is 15. The normalized spacial score (nSPS) is 15.1. The molecule has 0 radical (unpaired) electrons. The van der Waals surface area contributed by atoms with E-state index < -0.39 is 97.5 Å². The van der Waals surface area contributed by atoms with Crippen molar-refractivity contribution in [2.45, 2.75) is 324 Å². The first-order valence-electron chi connectivity index (χ1n) is 33.3. The fraction of sp³-hybridized carbons (Fsp3) is 0.938. The number of unbranched alkanes of at least 4 members (excludes halogenated alkanes) is 25. The molecule has 83 heavy (non-hydrogen) atoms. The first-order chi connectivity index (χ1) is 39.7. The minimum absolute atomic E-state index is 0.101. The lowest BCUT2D eigenvalue weighted by Gasteiger charge is -2.21. The molecular weight excluding hydrogens is 1100 g/mol. The molecule has 0 amide bonds. The van der Waals surface area contributed by atoms with Gasteiger partial charge in [-0.3, -0.25) is 37.3 Å². The van der Waals surface area contributed by atoms with E-state index in [2.05, 4.69) is 55.4 Å². The Morgan fingerprint density at radius 2 is 0.578 bits per heavy atom. The van der Waals surface area contributed by atoms with Gasteiger partial charge in [0.05, 0.1) is 26.4 Å². The Morgan fingerprint density at radius 3 is 0.855 bits per heavy atom. The number of phosphoric ester groups is 2. The first kappa shape index (κ1) is 81.1. The van der Waals surface area contributed by atoms with Crippen molar-refractivity contribution in [2.75, 3.05) is 39.6 Å². The van der Waals surface area contributed by atoms with Gasteiger partial charge >= 0.3 is 39.5 Å². The van der Waals surface area contributed by atoms with Gasteiger partial charge in [-0.1, -0.05) is 254 Å². The highest BCUT2D eigenvalue weighted by Crippen LogP contribution is 2.45. The lowest BCUT2D eigenvalue weighted by Crippen LogP contribution is -2.30. The zero-order chi connectivity index (χ0) is 61.8. The van der Waals surface area contributed by atoms with Gasteiger partial charge < -0.3 is 33.8 Å². The van der Waals surface area contributed by atoms with Crippen LogP contribution in [0.2, 0.25) is 0 Å². The monoisotopic (exact) mass is 1230 g/mol. The van der Waals surface area contributed by atoms with Crippen LogP contribution in [0.4, 0.5) is 0 Å². The summed E-state index contributed by atoms with van der Waals surface area (Å²) in [6, 6.07) is 0. The SMILES string of the molecule is CCC(C)CCCCCCCCCCCCC(=O)O[C@H](COC(=O)CCCCCCCCC(C)CC)COP(=O)(O)OCC(O)COP(=O)(O)OC[C@@H](COC(=O)CCCCCCCCCC(C)C)OC(=O)CCCCCCCCC(C)C. The van der Waals surface area contributed by atoms with Crippen molar-refractivity contribution >= 4 is 39.5 Å². The summed E-state index contributed by atoms with van der Waals surface area (Å²) in [7, 11) is -9.89. The molecule has 0 aliphatic carbocycles. The second-order valence-electron chi connectivity index (χ2n) is 24.6. The molecule has 3 N–H and O–H groups in total. The van der Waals surface area contributed by atoms with Gasteiger partial charge in [-0.05, 0) is 49.4 Å². The maximum Gasteiger partial charge on any atom is 0.472 e. The van der Waals surface area contributed by atoms with E-state index in [1.807, 2.05) is 0 Å².